The molecule has 1 aliphatic heterocycles. The Morgan fingerprint density at radius 3 is 2.40 bits per heavy atom. The maximum atomic E-state index is 12.7. The molecule has 0 bridgehead atoms. The molecule has 43 heavy (non-hydrogen) atoms. The van der Waals surface area contributed by atoms with Crippen LogP contribution in [0.1, 0.15) is 98.6 Å². The Kier molecular flexibility index (Phi) is 11.8. The summed E-state index contributed by atoms with van der Waals surface area (Å²) in [6, 6.07) is 6.61. The summed E-state index contributed by atoms with van der Waals surface area (Å²) in [4.78, 5) is 27.4. The van der Waals surface area contributed by atoms with Gasteiger partial charge >= 0.3 is 0 Å². The lowest BCUT2D eigenvalue weighted by Crippen LogP contribution is -2.59. The van der Waals surface area contributed by atoms with E-state index < -0.39 is 5.41 Å². The Hall–Kier alpha value is -2.55. The Labute approximate surface area is 260 Å². The zero-order chi connectivity index (χ0) is 32.0. The largest absolute Gasteiger partial charge is 0.395 e. The number of amides is 1. The number of aryl methyl sites for hydroxylation is 2. The van der Waals surface area contributed by atoms with Gasteiger partial charge < -0.3 is 21.1 Å². The molecule has 0 saturated carbocycles. The number of anilines is 1. The number of unbranched alkanes of at least 4 members (excludes halogenated alkanes) is 1. The zero-order valence-corrected chi connectivity index (χ0v) is 28.4. The van der Waals surface area contributed by atoms with E-state index in [0.717, 1.165) is 99.1 Å². The third-order valence-corrected chi connectivity index (χ3v) is 9.00. The number of nitrogens with one attached hydrogen (secondary N) is 1. The van der Waals surface area contributed by atoms with Gasteiger partial charge in [0.1, 0.15) is 11.5 Å². The monoisotopic (exact) mass is 594 g/mol. The fourth-order valence-corrected chi connectivity index (χ4v) is 6.33. The van der Waals surface area contributed by atoms with Crippen molar-refractivity contribution < 1.29 is 9.90 Å². The molecule has 8 nitrogen and oxygen atoms in total. The van der Waals surface area contributed by atoms with Crippen LogP contribution in [0.5, 0.6) is 0 Å². The number of nitrogens with two attached hydrogens (primary N) is 1. The number of aromatic nitrogens is 1. The molecule has 4 N–H and O–H groups in total. The number of aliphatic imine (C=N–C) groups is 1. The zero-order valence-electron chi connectivity index (χ0n) is 28.4. The van der Waals surface area contributed by atoms with Crippen LogP contribution in [-0.4, -0.2) is 81.9 Å². The maximum Gasteiger partial charge on any atom is 0.228 e. The van der Waals surface area contributed by atoms with Crippen molar-refractivity contribution in [1.29, 1.82) is 0 Å². The lowest BCUT2D eigenvalue weighted by Gasteiger charge is -2.47. The first-order valence-electron chi connectivity index (χ1n) is 16.2. The van der Waals surface area contributed by atoms with Gasteiger partial charge in [0.2, 0.25) is 5.91 Å². The quantitative estimate of drug-likeness (QED) is 0.230. The molecule has 0 spiro atoms. The van der Waals surface area contributed by atoms with Crippen LogP contribution in [-0.2, 0) is 11.2 Å². The summed E-state index contributed by atoms with van der Waals surface area (Å²) in [5, 5.41) is 13.9. The molecular weight excluding hydrogens is 536 g/mol. The van der Waals surface area contributed by atoms with Crippen LogP contribution in [0.4, 0.5) is 11.5 Å². The van der Waals surface area contributed by atoms with E-state index in [9.17, 15) is 9.90 Å². The fraction of sp³-hybridized carbons (Fsp3) is 0.686. The summed E-state index contributed by atoms with van der Waals surface area (Å²) in [6.07, 6.45) is 6.22. The van der Waals surface area contributed by atoms with Crippen molar-refractivity contribution in [3.05, 3.63) is 29.3 Å². The molecule has 1 saturated heterocycles. The van der Waals surface area contributed by atoms with Gasteiger partial charge in [-0.25, -0.2) is 4.98 Å². The predicted octanol–water partition coefficient (Wildman–Crippen LogP) is 6.04. The van der Waals surface area contributed by atoms with Gasteiger partial charge in [-0.15, -0.1) is 0 Å². The molecule has 1 aromatic heterocycles. The summed E-state index contributed by atoms with van der Waals surface area (Å²) >= 11 is 0. The van der Waals surface area contributed by atoms with Crippen LogP contribution < -0.4 is 11.1 Å². The SMILES string of the molecule is CCCCC(C)=Nc1c(N)nc2cc(CCCN3CCN(C(C)(C)CC(C)(C)NC(=O)C(C)(C)CO)CC3)ccc2c1C. The fourth-order valence-electron chi connectivity index (χ4n) is 6.33. The number of hydrogen-bond donors (Lipinski definition) is 3. The molecule has 2 aromatic rings. The van der Waals surface area contributed by atoms with Gasteiger partial charge in [-0.1, -0.05) is 25.5 Å². The Morgan fingerprint density at radius 2 is 1.77 bits per heavy atom. The number of carbonyl (C=O) groups excluding carboxylic acids is 1. The first-order valence-corrected chi connectivity index (χ1v) is 16.2. The first kappa shape index (κ1) is 34.9. The van der Waals surface area contributed by atoms with Crippen LogP contribution in [0.2, 0.25) is 0 Å². The average molecular weight is 595 g/mol. The summed E-state index contributed by atoms with van der Waals surface area (Å²) in [5.41, 5.74) is 10.4. The minimum Gasteiger partial charge on any atom is -0.395 e. The van der Waals surface area contributed by atoms with Crippen LogP contribution in [0.3, 0.4) is 0 Å². The van der Waals surface area contributed by atoms with Crippen molar-refractivity contribution in [1.82, 2.24) is 20.1 Å². The number of piperazine rings is 1. The van der Waals surface area contributed by atoms with Crippen molar-refractivity contribution in [3.8, 4) is 0 Å². The topological polar surface area (TPSA) is 107 Å². The van der Waals surface area contributed by atoms with E-state index in [2.05, 4.69) is 81.8 Å². The van der Waals surface area contributed by atoms with Gasteiger partial charge in [0.25, 0.3) is 0 Å². The smallest absolute Gasteiger partial charge is 0.228 e. The van der Waals surface area contributed by atoms with Gasteiger partial charge in [-0.2, -0.15) is 0 Å². The molecule has 1 amide bonds. The number of aliphatic hydroxyl groups is 1. The van der Waals surface area contributed by atoms with Crippen LogP contribution in [0, 0.1) is 12.3 Å². The highest BCUT2D eigenvalue weighted by Gasteiger charge is 2.38. The second-order valence-electron chi connectivity index (χ2n) is 14.6. The second kappa shape index (κ2) is 14.5. The third-order valence-electron chi connectivity index (χ3n) is 9.00. The molecule has 1 aliphatic rings. The van der Waals surface area contributed by atoms with Crippen molar-refractivity contribution >= 4 is 34.0 Å². The van der Waals surface area contributed by atoms with Gasteiger partial charge in [0.15, 0.2) is 0 Å². The summed E-state index contributed by atoms with van der Waals surface area (Å²) in [6.45, 7) is 23.7. The molecule has 240 valence electrons. The van der Waals surface area contributed by atoms with Crippen molar-refractivity contribution in [3.63, 3.8) is 0 Å². The number of pyridine rings is 1. The van der Waals surface area contributed by atoms with E-state index in [1.807, 2.05) is 0 Å². The molecule has 8 heteroatoms. The minimum atomic E-state index is -0.784. The van der Waals surface area contributed by atoms with Gasteiger partial charge in [-0.3, -0.25) is 14.7 Å². The van der Waals surface area contributed by atoms with Crippen LogP contribution >= 0.6 is 0 Å². The first-order chi connectivity index (χ1) is 20.1. The van der Waals surface area contributed by atoms with Gasteiger partial charge in [0, 0.05) is 48.4 Å². The molecule has 1 fully saturated rings. The lowest BCUT2D eigenvalue weighted by atomic mass is 9.83. The summed E-state index contributed by atoms with van der Waals surface area (Å²) in [5.74, 6) is 0.409. The van der Waals surface area contributed by atoms with E-state index in [1.165, 1.54) is 5.56 Å². The summed E-state index contributed by atoms with van der Waals surface area (Å²) < 4.78 is 0. The number of carbonyl (C=O) groups is 1. The minimum absolute atomic E-state index is 0.0519. The van der Waals surface area contributed by atoms with Crippen molar-refractivity contribution in [2.45, 2.75) is 112 Å². The average Bonchev–Trinajstić information content (AvgIpc) is 2.93. The standard InChI is InChI=1S/C35H58N6O2/c1-10-11-13-25(2)37-30-26(3)28-16-15-27(22-29(28)38-31(30)36)14-12-17-40-18-20-41(21-19-40)35(8,9)23-34(6,7)39-32(43)33(4,5)24-42/h15-16,22,42H,10-14,17-21,23-24H2,1-9H3,(H2,36,38)(H,39,43). The number of fused-ring (bicyclic) bond motifs is 1. The highest BCUT2D eigenvalue weighted by Crippen LogP contribution is 2.33. The van der Waals surface area contributed by atoms with Gasteiger partial charge in [0.05, 0.1) is 17.5 Å². The molecular formula is C35H58N6O2. The molecule has 0 radical (unpaired) electrons. The number of rotatable bonds is 14. The molecule has 0 aliphatic carbocycles. The Bertz CT molecular complexity index is 1270. The number of nitrogen functional groups attached to an aromatic ring is 1. The molecule has 1 aromatic carbocycles. The van der Waals surface area contributed by atoms with Crippen molar-refractivity contribution in [2.24, 2.45) is 10.4 Å². The molecule has 3 rings (SSSR count). The normalized spacial score (nSPS) is 16.2. The number of nitrogens with zero attached hydrogens (tertiary/aromatic N) is 4. The highest BCUT2D eigenvalue weighted by molar-refractivity contribution is 5.93. The van der Waals surface area contributed by atoms with Crippen LogP contribution in [0.25, 0.3) is 10.9 Å². The third kappa shape index (κ3) is 9.47. The maximum absolute atomic E-state index is 12.7. The number of hydrogen-bond acceptors (Lipinski definition) is 7. The molecule has 0 atom stereocenters. The Balaban J connectivity index is 1.52. The predicted molar refractivity (Wildman–Crippen MR) is 181 cm³/mol. The molecule has 0 unspecified atom stereocenters. The van der Waals surface area contributed by atoms with E-state index in [1.54, 1.807) is 13.8 Å². The Morgan fingerprint density at radius 1 is 1.09 bits per heavy atom. The second-order valence-corrected chi connectivity index (χ2v) is 14.6. The van der Waals surface area contributed by atoms with E-state index >= 15 is 0 Å². The van der Waals surface area contributed by atoms with Gasteiger partial charge in [-0.05, 0) is 111 Å². The highest BCUT2D eigenvalue weighted by atomic mass is 16.3. The van der Waals surface area contributed by atoms with E-state index in [0.29, 0.717) is 5.82 Å². The summed E-state index contributed by atoms with van der Waals surface area (Å²) in [7, 11) is 0. The van der Waals surface area contributed by atoms with Crippen molar-refractivity contribution in [2.75, 3.05) is 45.1 Å². The number of aliphatic hydroxyl groups excluding tert-OH is 1. The van der Waals surface area contributed by atoms with E-state index in [4.69, 9.17) is 15.7 Å². The molecule has 2 heterocycles. The van der Waals surface area contributed by atoms with Crippen LogP contribution in [0.15, 0.2) is 23.2 Å². The lowest BCUT2D eigenvalue weighted by molar-refractivity contribution is -0.133. The number of benzene rings is 1. The van der Waals surface area contributed by atoms with E-state index in [-0.39, 0.29) is 23.6 Å².